The number of barbiturate groups is 1. The summed E-state index contributed by atoms with van der Waals surface area (Å²) in [6.07, 6.45) is 1.29. The van der Waals surface area contributed by atoms with Crippen LogP contribution in [0.25, 0.3) is 6.08 Å². The van der Waals surface area contributed by atoms with Gasteiger partial charge in [0.25, 0.3) is 11.8 Å². The molecule has 0 spiro atoms. The molecule has 0 atom stereocenters. The number of hydrogen-bond acceptors (Lipinski definition) is 6. The van der Waals surface area contributed by atoms with Crippen LogP contribution in [0.2, 0.25) is 5.02 Å². The standard InChI is InChI=1S/C22H18BrClN2O7/c1-3-32-17-7-12(15(23)9-18(17)33-10-19(27)28)6-14-20(29)25-22(31)26(21(14)30)13-5-4-11(2)16(24)8-13/h4-9H,3,10H2,1-2H3,(H,27,28)(H,25,29,31)/b14-6-. The highest BCUT2D eigenvalue weighted by molar-refractivity contribution is 9.10. The van der Waals surface area contributed by atoms with Crippen molar-refractivity contribution < 1.29 is 33.8 Å². The minimum Gasteiger partial charge on any atom is -0.490 e. The second-order valence-electron chi connectivity index (χ2n) is 6.83. The molecule has 1 aliphatic rings. The summed E-state index contributed by atoms with van der Waals surface area (Å²) < 4.78 is 11.2. The van der Waals surface area contributed by atoms with Crippen molar-refractivity contribution >= 4 is 63.1 Å². The normalized spacial score (nSPS) is 15.0. The second kappa shape index (κ2) is 10.1. The van der Waals surface area contributed by atoms with Gasteiger partial charge in [0.2, 0.25) is 0 Å². The first-order chi connectivity index (χ1) is 15.6. The van der Waals surface area contributed by atoms with E-state index in [4.69, 9.17) is 26.2 Å². The molecule has 0 aliphatic carbocycles. The van der Waals surface area contributed by atoms with E-state index in [2.05, 4.69) is 21.2 Å². The molecule has 33 heavy (non-hydrogen) atoms. The van der Waals surface area contributed by atoms with Gasteiger partial charge in [-0.2, -0.15) is 0 Å². The molecule has 9 nitrogen and oxygen atoms in total. The molecule has 2 aromatic rings. The molecular formula is C22H18BrClN2O7. The highest BCUT2D eigenvalue weighted by Gasteiger charge is 2.37. The van der Waals surface area contributed by atoms with Crippen molar-refractivity contribution in [2.75, 3.05) is 18.1 Å². The van der Waals surface area contributed by atoms with Crippen molar-refractivity contribution in [3.05, 3.63) is 56.5 Å². The third-order valence-corrected chi connectivity index (χ3v) is 5.62. The Bertz CT molecular complexity index is 1200. The highest BCUT2D eigenvalue weighted by Crippen LogP contribution is 2.35. The predicted octanol–water partition coefficient (Wildman–Crippen LogP) is 3.94. The van der Waals surface area contributed by atoms with E-state index in [0.29, 0.717) is 15.1 Å². The Labute approximate surface area is 202 Å². The molecule has 0 unspecified atom stereocenters. The summed E-state index contributed by atoms with van der Waals surface area (Å²) in [4.78, 5) is 49.6. The average Bonchev–Trinajstić information content (AvgIpc) is 2.74. The molecule has 11 heteroatoms. The average molecular weight is 538 g/mol. The first kappa shape index (κ1) is 24.3. The number of rotatable bonds is 7. The largest absolute Gasteiger partial charge is 0.490 e. The number of carboxylic acid groups (broad SMARTS) is 1. The van der Waals surface area contributed by atoms with Crippen LogP contribution in [0.1, 0.15) is 18.1 Å². The van der Waals surface area contributed by atoms with Crippen LogP contribution in [-0.4, -0.2) is 42.1 Å². The summed E-state index contributed by atoms with van der Waals surface area (Å²) in [6, 6.07) is 6.71. The monoisotopic (exact) mass is 536 g/mol. The maximum absolute atomic E-state index is 13.1. The third-order valence-electron chi connectivity index (χ3n) is 4.53. The topological polar surface area (TPSA) is 122 Å². The Morgan fingerprint density at radius 2 is 1.88 bits per heavy atom. The molecule has 2 aromatic carbocycles. The number of benzene rings is 2. The molecule has 172 valence electrons. The van der Waals surface area contributed by atoms with Gasteiger partial charge >= 0.3 is 12.0 Å². The second-order valence-corrected chi connectivity index (χ2v) is 8.09. The van der Waals surface area contributed by atoms with Crippen molar-refractivity contribution in [3.8, 4) is 11.5 Å². The molecular weight excluding hydrogens is 520 g/mol. The SMILES string of the molecule is CCOc1cc(/C=C2/C(=O)NC(=O)N(c3ccc(C)c(Cl)c3)C2=O)c(Br)cc1OCC(=O)O. The zero-order valence-electron chi connectivity index (χ0n) is 17.5. The van der Waals surface area contributed by atoms with Gasteiger partial charge in [0, 0.05) is 9.50 Å². The van der Waals surface area contributed by atoms with Gasteiger partial charge in [0.05, 0.1) is 12.3 Å². The number of ether oxygens (including phenoxy) is 2. The van der Waals surface area contributed by atoms with Crippen LogP contribution in [0, 0.1) is 6.92 Å². The van der Waals surface area contributed by atoms with E-state index < -0.39 is 30.4 Å². The highest BCUT2D eigenvalue weighted by atomic mass is 79.9. The van der Waals surface area contributed by atoms with Gasteiger partial charge in [0.15, 0.2) is 18.1 Å². The van der Waals surface area contributed by atoms with E-state index >= 15 is 0 Å². The van der Waals surface area contributed by atoms with Gasteiger partial charge in [-0.25, -0.2) is 14.5 Å². The van der Waals surface area contributed by atoms with Gasteiger partial charge in [0.1, 0.15) is 5.57 Å². The van der Waals surface area contributed by atoms with Crippen molar-refractivity contribution in [1.82, 2.24) is 5.32 Å². The third kappa shape index (κ3) is 5.35. The number of imide groups is 2. The lowest BCUT2D eigenvalue weighted by Gasteiger charge is -2.26. The number of carboxylic acids is 1. The molecule has 1 aliphatic heterocycles. The van der Waals surface area contributed by atoms with Crippen LogP contribution < -0.4 is 19.7 Å². The number of aliphatic carboxylic acids is 1. The fourth-order valence-electron chi connectivity index (χ4n) is 2.95. The predicted molar refractivity (Wildman–Crippen MR) is 124 cm³/mol. The number of anilines is 1. The Kier molecular flexibility index (Phi) is 7.39. The van der Waals surface area contributed by atoms with Crippen LogP contribution >= 0.6 is 27.5 Å². The molecule has 0 radical (unpaired) electrons. The molecule has 3 rings (SSSR count). The van der Waals surface area contributed by atoms with Crippen LogP contribution in [0.3, 0.4) is 0 Å². The number of carbonyl (C=O) groups is 4. The maximum atomic E-state index is 13.1. The lowest BCUT2D eigenvalue weighted by atomic mass is 10.1. The molecule has 0 bridgehead atoms. The van der Waals surface area contributed by atoms with Crippen LogP contribution in [-0.2, 0) is 14.4 Å². The zero-order valence-corrected chi connectivity index (χ0v) is 19.8. The Balaban J connectivity index is 2.03. The van der Waals surface area contributed by atoms with Crippen molar-refractivity contribution in [2.45, 2.75) is 13.8 Å². The van der Waals surface area contributed by atoms with Crippen molar-refractivity contribution in [3.63, 3.8) is 0 Å². The van der Waals surface area contributed by atoms with E-state index in [1.807, 2.05) is 0 Å². The quantitative estimate of drug-likeness (QED) is 0.405. The maximum Gasteiger partial charge on any atom is 0.341 e. The number of nitrogens with zero attached hydrogens (tertiary/aromatic N) is 1. The van der Waals surface area contributed by atoms with Gasteiger partial charge in [-0.15, -0.1) is 0 Å². The number of amides is 4. The van der Waals surface area contributed by atoms with Gasteiger partial charge in [-0.3, -0.25) is 14.9 Å². The van der Waals surface area contributed by atoms with Gasteiger partial charge in [-0.05, 0) is 55.3 Å². The summed E-state index contributed by atoms with van der Waals surface area (Å²) in [7, 11) is 0. The lowest BCUT2D eigenvalue weighted by Crippen LogP contribution is -2.54. The fourth-order valence-corrected chi connectivity index (χ4v) is 3.56. The first-order valence-corrected chi connectivity index (χ1v) is 10.8. The minimum atomic E-state index is -1.16. The first-order valence-electron chi connectivity index (χ1n) is 9.61. The summed E-state index contributed by atoms with van der Waals surface area (Å²) in [5, 5.41) is 11.4. The molecule has 4 amide bonds. The molecule has 2 N–H and O–H groups in total. The van der Waals surface area contributed by atoms with Crippen LogP contribution in [0.5, 0.6) is 11.5 Å². The number of hydrogen-bond donors (Lipinski definition) is 2. The molecule has 1 saturated heterocycles. The number of halogens is 2. The van der Waals surface area contributed by atoms with E-state index in [1.54, 1.807) is 26.0 Å². The minimum absolute atomic E-state index is 0.166. The summed E-state index contributed by atoms with van der Waals surface area (Å²) >= 11 is 9.46. The van der Waals surface area contributed by atoms with Crippen molar-refractivity contribution in [1.29, 1.82) is 0 Å². The lowest BCUT2D eigenvalue weighted by molar-refractivity contribution is -0.139. The summed E-state index contributed by atoms with van der Waals surface area (Å²) in [6.45, 7) is 3.19. The molecule has 0 aromatic heterocycles. The summed E-state index contributed by atoms with van der Waals surface area (Å²) in [5.74, 6) is -2.48. The van der Waals surface area contributed by atoms with Gasteiger partial charge in [-0.1, -0.05) is 33.6 Å². The zero-order chi connectivity index (χ0) is 24.3. The number of nitrogens with one attached hydrogen (secondary N) is 1. The molecule has 0 saturated carbocycles. The Hall–Kier alpha value is -3.37. The van der Waals surface area contributed by atoms with Crippen molar-refractivity contribution in [2.24, 2.45) is 0 Å². The Morgan fingerprint density at radius 3 is 2.52 bits per heavy atom. The Morgan fingerprint density at radius 1 is 1.18 bits per heavy atom. The smallest absolute Gasteiger partial charge is 0.341 e. The van der Waals surface area contributed by atoms with E-state index in [1.165, 1.54) is 24.3 Å². The molecule has 1 heterocycles. The number of carbonyl (C=O) groups excluding carboxylic acids is 3. The van der Waals surface area contributed by atoms with Crippen LogP contribution in [0.4, 0.5) is 10.5 Å². The van der Waals surface area contributed by atoms with Gasteiger partial charge < -0.3 is 14.6 Å². The summed E-state index contributed by atoms with van der Waals surface area (Å²) in [5.41, 5.74) is 1.04. The van der Waals surface area contributed by atoms with E-state index in [-0.39, 0.29) is 29.4 Å². The van der Waals surface area contributed by atoms with E-state index in [0.717, 1.165) is 10.5 Å². The van der Waals surface area contributed by atoms with Crippen LogP contribution in [0.15, 0.2) is 40.4 Å². The van der Waals surface area contributed by atoms with E-state index in [9.17, 15) is 19.2 Å². The fraction of sp³-hybridized carbons (Fsp3) is 0.182. The number of aryl methyl sites for hydroxylation is 1. The molecule has 1 fully saturated rings. The number of urea groups is 1.